The molecule has 2 N–H and O–H groups in total. The Labute approximate surface area is 122 Å². The first-order chi connectivity index (χ1) is 10.1. The first-order valence-corrected chi connectivity index (χ1v) is 6.45. The van der Waals surface area contributed by atoms with Crippen molar-refractivity contribution in [3.8, 4) is 5.75 Å². The lowest BCUT2D eigenvalue weighted by Crippen LogP contribution is -2.41. The first-order valence-electron chi connectivity index (χ1n) is 6.45. The molecule has 3 amide bonds. The van der Waals surface area contributed by atoms with Crippen LogP contribution < -0.4 is 15.4 Å². The Morgan fingerprint density at radius 3 is 2.38 bits per heavy atom. The van der Waals surface area contributed by atoms with E-state index in [9.17, 15) is 14.4 Å². The lowest BCUT2D eigenvalue weighted by atomic mass is 10.2. The second-order valence-electron chi connectivity index (χ2n) is 4.11. The molecule has 1 aromatic rings. The summed E-state index contributed by atoms with van der Waals surface area (Å²) in [6, 6.07) is 5.64. The van der Waals surface area contributed by atoms with Crippen LogP contribution in [0, 0.1) is 0 Å². The van der Waals surface area contributed by atoms with E-state index in [1.54, 1.807) is 12.1 Å². The molecule has 7 heteroatoms. The molecular weight excluding hydrogens is 276 g/mol. The summed E-state index contributed by atoms with van der Waals surface area (Å²) in [4.78, 5) is 34.2. The SMILES string of the molecule is CCCNC(=O)NC(=O)COC(=O)c1ccc(OC)cc1. The minimum absolute atomic E-state index is 0.291. The van der Waals surface area contributed by atoms with Gasteiger partial charge >= 0.3 is 12.0 Å². The summed E-state index contributed by atoms with van der Waals surface area (Å²) in [6.07, 6.45) is 0.758. The molecule has 0 unspecified atom stereocenters. The average Bonchev–Trinajstić information content (AvgIpc) is 2.50. The Hall–Kier alpha value is -2.57. The molecule has 0 bridgehead atoms. The quantitative estimate of drug-likeness (QED) is 0.766. The molecule has 0 fully saturated rings. The van der Waals surface area contributed by atoms with E-state index in [0.717, 1.165) is 6.42 Å². The average molecular weight is 294 g/mol. The van der Waals surface area contributed by atoms with Gasteiger partial charge in [-0.15, -0.1) is 0 Å². The fourth-order valence-corrected chi connectivity index (χ4v) is 1.39. The van der Waals surface area contributed by atoms with Crippen LogP contribution in [-0.2, 0) is 9.53 Å². The van der Waals surface area contributed by atoms with Crippen molar-refractivity contribution in [3.63, 3.8) is 0 Å². The number of hydrogen-bond donors (Lipinski definition) is 2. The van der Waals surface area contributed by atoms with Gasteiger partial charge in [0.2, 0.25) is 0 Å². The van der Waals surface area contributed by atoms with Gasteiger partial charge in [-0.05, 0) is 30.7 Å². The molecule has 0 spiro atoms. The Morgan fingerprint density at radius 2 is 1.81 bits per heavy atom. The number of amides is 3. The van der Waals surface area contributed by atoms with Gasteiger partial charge in [0, 0.05) is 6.54 Å². The third-order valence-electron chi connectivity index (χ3n) is 2.45. The van der Waals surface area contributed by atoms with Crippen LogP contribution in [0.5, 0.6) is 5.75 Å². The molecule has 0 aliphatic heterocycles. The smallest absolute Gasteiger partial charge is 0.338 e. The van der Waals surface area contributed by atoms with Crippen LogP contribution in [0.25, 0.3) is 0 Å². The van der Waals surface area contributed by atoms with Crippen LogP contribution in [-0.4, -0.2) is 38.2 Å². The molecule has 7 nitrogen and oxygen atoms in total. The van der Waals surface area contributed by atoms with E-state index in [0.29, 0.717) is 17.9 Å². The van der Waals surface area contributed by atoms with Crippen molar-refractivity contribution in [2.75, 3.05) is 20.3 Å². The number of methoxy groups -OCH3 is 1. The molecule has 21 heavy (non-hydrogen) atoms. The monoisotopic (exact) mass is 294 g/mol. The van der Waals surface area contributed by atoms with Gasteiger partial charge in [0.25, 0.3) is 5.91 Å². The van der Waals surface area contributed by atoms with Gasteiger partial charge in [-0.3, -0.25) is 10.1 Å². The molecular formula is C14H18N2O5. The Kier molecular flexibility index (Phi) is 6.73. The third kappa shape index (κ3) is 5.94. The van der Waals surface area contributed by atoms with E-state index in [2.05, 4.69) is 10.6 Å². The van der Waals surface area contributed by atoms with E-state index < -0.39 is 24.5 Å². The largest absolute Gasteiger partial charge is 0.497 e. The summed E-state index contributed by atoms with van der Waals surface area (Å²) >= 11 is 0. The van der Waals surface area contributed by atoms with Crippen LogP contribution in [0.3, 0.4) is 0 Å². The van der Waals surface area contributed by atoms with Gasteiger partial charge in [-0.2, -0.15) is 0 Å². The lowest BCUT2D eigenvalue weighted by Gasteiger charge is -2.07. The van der Waals surface area contributed by atoms with Crippen LogP contribution in [0.1, 0.15) is 23.7 Å². The van der Waals surface area contributed by atoms with Gasteiger partial charge in [0.15, 0.2) is 6.61 Å². The first kappa shape index (κ1) is 16.5. The second kappa shape index (κ2) is 8.57. The normalized spacial score (nSPS) is 9.62. The van der Waals surface area contributed by atoms with Crippen molar-refractivity contribution < 1.29 is 23.9 Å². The number of rotatable bonds is 6. The highest BCUT2D eigenvalue weighted by atomic mass is 16.5. The van der Waals surface area contributed by atoms with Crippen molar-refractivity contribution >= 4 is 17.9 Å². The summed E-state index contributed by atoms with van der Waals surface area (Å²) in [5, 5.41) is 4.52. The van der Waals surface area contributed by atoms with Crippen LogP contribution in [0.4, 0.5) is 4.79 Å². The molecule has 1 aromatic carbocycles. The van der Waals surface area contributed by atoms with E-state index in [4.69, 9.17) is 9.47 Å². The van der Waals surface area contributed by atoms with Gasteiger partial charge in [0.1, 0.15) is 5.75 Å². The Balaban J connectivity index is 2.37. The highest BCUT2D eigenvalue weighted by Gasteiger charge is 2.12. The van der Waals surface area contributed by atoms with E-state index in [-0.39, 0.29) is 0 Å². The van der Waals surface area contributed by atoms with Crippen molar-refractivity contribution in [1.29, 1.82) is 0 Å². The summed E-state index contributed by atoms with van der Waals surface area (Å²) in [7, 11) is 1.52. The molecule has 0 aliphatic rings. The maximum Gasteiger partial charge on any atom is 0.338 e. The summed E-state index contributed by atoms with van der Waals surface area (Å²) in [5.41, 5.74) is 0.291. The highest BCUT2D eigenvalue weighted by molar-refractivity contribution is 5.97. The van der Waals surface area contributed by atoms with Crippen molar-refractivity contribution in [2.45, 2.75) is 13.3 Å². The zero-order chi connectivity index (χ0) is 15.7. The maximum absolute atomic E-state index is 11.7. The van der Waals surface area contributed by atoms with Crippen molar-refractivity contribution in [2.24, 2.45) is 0 Å². The predicted octanol–water partition coefficient (Wildman–Crippen LogP) is 1.09. The zero-order valence-corrected chi connectivity index (χ0v) is 12.0. The van der Waals surface area contributed by atoms with Crippen LogP contribution >= 0.6 is 0 Å². The highest BCUT2D eigenvalue weighted by Crippen LogP contribution is 2.11. The van der Waals surface area contributed by atoms with Crippen molar-refractivity contribution in [1.82, 2.24) is 10.6 Å². The topological polar surface area (TPSA) is 93.7 Å². The van der Waals surface area contributed by atoms with Gasteiger partial charge in [0.05, 0.1) is 12.7 Å². The molecule has 0 aromatic heterocycles. The molecule has 0 atom stereocenters. The Morgan fingerprint density at radius 1 is 1.14 bits per heavy atom. The number of carbonyl (C=O) groups is 3. The van der Waals surface area contributed by atoms with Crippen molar-refractivity contribution in [3.05, 3.63) is 29.8 Å². The van der Waals surface area contributed by atoms with E-state index >= 15 is 0 Å². The fourth-order valence-electron chi connectivity index (χ4n) is 1.39. The molecule has 0 saturated heterocycles. The molecule has 0 radical (unpaired) electrons. The number of carbonyl (C=O) groups excluding carboxylic acids is 3. The standard InChI is InChI=1S/C14H18N2O5/c1-3-8-15-14(19)16-12(17)9-21-13(18)10-4-6-11(20-2)7-5-10/h4-7H,3,8-9H2,1-2H3,(H2,15,16,17,19). The minimum atomic E-state index is -0.689. The van der Waals surface area contributed by atoms with Crippen LogP contribution in [0.2, 0.25) is 0 Å². The number of imide groups is 1. The van der Waals surface area contributed by atoms with Gasteiger partial charge < -0.3 is 14.8 Å². The number of urea groups is 1. The number of esters is 1. The maximum atomic E-state index is 11.7. The molecule has 0 heterocycles. The Bertz CT molecular complexity index is 499. The summed E-state index contributed by atoms with van der Waals surface area (Å²) in [5.74, 6) is -0.732. The number of benzene rings is 1. The third-order valence-corrected chi connectivity index (χ3v) is 2.45. The second-order valence-corrected chi connectivity index (χ2v) is 4.11. The van der Waals surface area contributed by atoms with Gasteiger partial charge in [-0.1, -0.05) is 6.92 Å². The summed E-state index contributed by atoms with van der Waals surface area (Å²) in [6.45, 7) is 1.83. The minimum Gasteiger partial charge on any atom is -0.497 e. The lowest BCUT2D eigenvalue weighted by molar-refractivity contribution is -0.123. The van der Waals surface area contributed by atoms with E-state index in [1.165, 1.54) is 19.2 Å². The van der Waals surface area contributed by atoms with Crippen LogP contribution in [0.15, 0.2) is 24.3 Å². The zero-order valence-electron chi connectivity index (χ0n) is 12.0. The molecule has 0 aliphatic carbocycles. The molecule has 0 saturated carbocycles. The summed E-state index contributed by atoms with van der Waals surface area (Å²) < 4.78 is 9.76. The molecule has 114 valence electrons. The number of ether oxygens (including phenoxy) is 2. The van der Waals surface area contributed by atoms with Gasteiger partial charge in [-0.25, -0.2) is 9.59 Å². The number of hydrogen-bond acceptors (Lipinski definition) is 5. The fraction of sp³-hybridized carbons (Fsp3) is 0.357. The number of nitrogens with one attached hydrogen (secondary N) is 2. The predicted molar refractivity (Wildman–Crippen MR) is 75.1 cm³/mol. The molecule has 1 rings (SSSR count). The van der Waals surface area contributed by atoms with E-state index in [1.807, 2.05) is 6.92 Å².